The Hall–Kier alpha value is -3.34. The van der Waals surface area contributed by atoms with E-state index in [1.54, 1.807) is 13.1 Å². The Kier molecular flexibility index (Phi) is 3.61. The standard InChI is InChI=1S/C20H16N2O3/c1-22-17(20(23)24-2)12-16(21-22)13-7-5-8-14(10-13)19-11-15-6-3-4-9-18(15)25-19/h3-12H,1-2H3. The van der Waals surface area contributed by atoms with Crippen molar-refractivity contribution in [3.05, 3.63) is 66.4 Å². The highest BCUT2D eigenvalue weighted by Gasteiger charge is 2.15. The lowest BCUT2D eigenvalue weighted by Gasteiger charge is -2.00. The highest BCUT2D eigenvalue weighted by Crippen LogP contribution is 2.30. The van der Waals surface area contributed by atoms with Gasteiger partial charge in [-0.2, -0.15) is 5.10 Å². The number of benzene rings is 2. The first-order valence-electron chi connectivity index (χ1n) is 7.87. The average Bonchev–Trinajstić information content (AvgIpc) is 3.25. The van der Waals surface area contributed by atoms with Crippen LogP contribution in [0.3, 0.4) is 0 Å². The summed E-state index contributed by atoms with van der Waals surface area (Å²) in [6.45, 7) is 0. The molecular weight excluding hydrogens is 316 g/mol. The lowest BCUT2D eigenvalue weighted by atomic mass is 10.1. The molecule has 0 saturated carbocycles. The van der Waals surface area contributed by atoms with Gasteiger partial charge < -0.3 is 9.15 Å². The van der Waals surface area contributed by atoms with Gasteiger partial charge in [0.1, 0.15) is 17.0 Å². The van der Waals surface area contributed by atoms with Gasteiger partial charge in [0, 0.05) is 23.6 Å². The number of nitrogens with zero attached hydrogens (tertiary/aromatic N) is 2. The average molecular weight is 332 g/mol. The number of ether oxygens (including phenoxy) is 1. The van der Waals surface area contributed by atoms with Gasteiger partial charge in [-0.3, -0.25) is 4.68 Å². The molecule has 0 aliphatic heterocycles. The molecule has 2 heterocycles. The Bertz CT molecular complexity index is 1040. The number of hydrogen-bond acceptors (Lipinski definition) is 4. The molecule has 0 fully saturated rings. The van der Waals surface area contributed by atoms with Crippen LogP contribution < -0.4 is 0 Å². The van der Waals surface area contributed by atoms with E-state index < -0.39 is 5.97 Å². The number of carbonyl (C=O) groups excluding carboxylic acids is 1. The van der Waals surface area contributed by atoms with E-state index in [2.05, 4.69) is 5.10 Å². The second kappa shape index (κ2) is 5.94. The molecule has 5 nitrogen and oxygen atoms in total. The molecule has 0 unspecified atom stereocenters. The maximum absolute atomic E-state index is 11.8. The van der Waals surface area contributed by atoms with Gasteiger partial charge in [0.15, 0.2) is 0 Å². The van der Waals surface area contributed by atoms with Crippen LogP contribution in [0.2, 0.25) is 0 Å². The summed E-state index contributed by atoms with van der Waals surface area (Å²) in [5.41, 5.74) is 3.84. The number of para-hydroxylation sites is 1. The molecule has 5 heteroatoms. The minimum absolute atomic E-state index is 0.408. The van der Waals surface area contributed by atoms with Crippen molar-refractivity contribution >= 4 is 16.9 Å². The molecule has 0 aliphatic carbocycles. The summed E-state index contributed by atoms with van der Waals surface area (Å²) >= 11 is 0. The van der Waals surface area contributed by atoms with E-state index in [0.717, 1.165) is 27.9 Å². The van der Waals surface area contributed by atoms with Crippen molar-refractivity contribution in [3.8, 4) is 22.6 Å². The molecule has 4 rings (SSSR count). The zero-order chi connectivity index (χ0) is 17.4. The van der Waals surface area contributed by atoms with Gasteiger partial charge in [0.05, 0.1) is 12.8 Å². The SMILES string of the molecule is COC(=O)c1cc(-c2cccc(-c3cc4ccccc4o3)c2)nn1C. The number of carbonyl (C=O) groups is 1. The Morgan fingerprint density at radius 3 is 2.64 bits per heavy atom. The summed E-state index contributed by atoms with van der Waals surface area (Å²) < 4.78 is 12.2. The zero-order valence-corrected chi connectivity index (χ0v) is 13.9. The molecule has 2 aromatic carbocycles. The van der Waals surface area contributed by atoms with Crippen molar-refractivity contribution < 1.29 is 13.9 Å². The molecule has 0 radical (unpaired) electrons. The number of hydrogen-bond donors (Lipinski definition) is 0. The summed E-state index contributed by atoms with van der Waals surface area (Å²) in [4.78, 5) is 11.8. The van der Waals surface area contributed by atoms with Gasteiger partial charge in [-0.1, -0.05) is 36.4 Å². The van der Waals surface area contributed by atoms with Crippen molar-refractivity contribution in [1.29, 1.82) is 0 Å². The highest BCUT2D eigenvalue weighted by molar-refractivity contribution is 5.89. The van der Waals surface area contributed by atoms with E-state index in [1.807, 2.05) is 54.6 Å². The van der Waals surface area contributed by atoms with E-state index in [9.17, 15) is 4.79 Å². The monoisotopic (exact) mass is 332 g/mol. The van der Waals surface area contributed by atoms with Crippen LogP contribution >= 0.6 is 0 Å². The smallest absolute Gasteiger partial charge is 0.356 e. The fourth-order valence-electron chi connectivity index (χ4n) is 2.86. The number of esters is 1. The number of rotatable bonds is 3. The van der Waals surface area contributed by atoms with Gasteiger partial charge in [0.2, 0.25) is 0 Å². The van der Waals surface area contributed by atoms with Gasteiger partial charge in [-0.05, 0) is 24.3 Å². The summed E-state index contributed by atoms with van der Waals surface area (Å²) in [7, 11) is 3.08. The van der Waals surface area contributed by atoms with Crippen LogP contribution in [0.4, 0.5) is 0 Å². The normalized spacial score (nSPS) is 11.0. The molecule has 0 N–H and O–H groups in total. The molecule has 0 bridgehead atoms. The van der Waals surface area contributed by atoms with Crippen molar-refractivity contribution in [2.75, 3.05) is 7.11 Å². The summed E-state index contributed by atoms with van der Waals surface area (Å²) in [5, 5.41) is 5.48. The molecule has 0 aliphatic rings. The molecule has 2 aromatic heterocycles. The van der Waals surface area contributed by atoms with E-state index in [4.69, 9.17) is 9.15 Å². The van der Waals surface area contributed by atoms with Gasteiger partial charge in [0.25, 0.3) is 0 Å². The Morgan fingerprint density at radius 2 is 1.84 bits per heavy atom. The number of fused-ring (bicyclic) bond motifs is 1. The summed E-state index contributed by atoms with van der Waals surface area (Å²) in [5.74, 6) is 0.391. The molecular formula is C20H16N2O3. The highest BCUT2D eigenvalue weighted by atomic mass is 16.5. The lowest BCUT2D eigenvalue weighted by Crippen LogP contribution is -2.07. The molecule has 0 atom stereocenters. The molecule has 25 heavy (non-hydrogen) atoms. The van der Waals surface area contributed by atoms with E-state index >= 15 is 0 Å². The summed E-state index contributed by atoms with van der Waals surface area (Å²) in [6, 6.07) is 19.6. The van der Waals surface area contributed by atoms with Crippen LogP contribution in [0, 0.1) is 0 Å². The molecule has 4 aromatic rings. The van der Waals surface area contributed by atoms with Crippen molar-refractivity contribution in [2.45, 2.75) is 0 Å². The maximum Gasteiger partial charge on any atom is 0.356 e. The predicted molar refractivity (Wildman–Crippen MR) is 95.2 cm³/mol. The quantitative estimate of drug-likeness (QED) is 0.525. The number of methoxy groups -OCH3 is 1. The topological polar surface area (TPSA) is 57.3 Å². The van der Waals surface area contributed by atoms with E-state index in [1.165, 1.54) is 11.8 Å². The maximum atomic E-state index is 11.8. The van der Waals surface area contributed by atoms with Crippen molar-refractivity contribution in [2.24, 2.45) is 7.05 Å². The van der Waals surface area contributed by atoms with E-state index in [0.29, 0.717) is 11.4 Å². The van der Waals surface area contributed by atoms with Gasteiger partial charge in [-0.15, -0.1) is 0 Å². The molecule has 0 spiro atoms. The predicted octanol–water partition coefficient (Wildman–Crippen LogP) is 4.29. The van der Waals surface area contributed by atoms with Crippen LogP contribution in [0.1, 0.15) is 10.5 Å². The number of furan rings is 1. The Morgan fingerprint density at radius 1 is 1.04 bits per heavy atom. The number of aryl methyl sites for hydroxylation is 1. The first-order chi connectivity index (χ1) is 12.2. The second-order valence-electron chi connectivity index (χ2n) is 5.76. The minimum atomic E-state index is -0.408. The van der Waals surface area contributed by atoms with Crippen LogP contribution in [0.25, 0.3) is 33.6 Å². The Labute approximate surface area is 144 Å². The fourth-order valence-corrected chi connectivity index (χ4v) is 2.86. The van der Waals surface area contributed by atoms with Crippen LogP contribution in [-0.2, 0) is 11.8 Å². The van der Waals surface area contributed by atoms with Crippen molar-refractivity contribution in [3.63, 3.8) is 0 Å². The minimum Gasteiger partial charge on any atom is -0.464 e. The molecule has 0 saturated heterocycles. The molecule has 124 valence electrons. The van der Waals surface area contributed by atoms with Gasteiger partial charge >= 0.3 is 5.97 Å². The lowest BCUT2D eigenvalue weighted by molar-refractivity contribution is 0.0588. The van der Waals surface area contributed by atoms with Crippen LogP contribution in [0.15, 0.2) is 65.1 Å². The first-order valence-corrected chi connectivity index (χ1v) is 7.87. The fraction of sp³-hybridized carbons (Fsp3) is 0.100. The largest absolute Gasteiger partial charge is 0.464 e. The third kappa shape index (κ3) is 2.70. The first kappa shape index (κ1) is 15.2. The summed E-state index contributed by atoms with van der Waals surface area (Å²) in [6.07, 6.45) is 0. The van der Waals surface area contributed by atoms with Crippen LogP contribution in [0.5, 0.6) is 0 Å². The third-order valence-electron chi connectivity index (χ3n) is 4.14. The third-order valence-corrected chi connectivity index (χ3v) is 4.14. The van der Waals surface area contributed by atoms with Crippen LogP contribution in [-0.4, -0.2) is 22.9 Å². The number of aromatic nitrogens is 2. The second-order valence-corrected chi connectivity index (χ2v) is 5.76. The van der Waals surface area contributed by atoms with E-state index in [-0.39, 0.29) is 0 Å². The zero-order valence-electron chi connectivity index (χ0n) is 13.9. The van der Waals surface area contributed by atoms with Gasteiger partial charge in [-0.25, -0.2) is 4.79 Å². The van der Waals surface area contributed by atoms with Crippen molar-refractivity contribution in [1.82, 2.24) is 9.78 Å². The molecule has 0 amide bonds. The Balaban J connectivity index is 1.76.